The van der Waals surface area contributed by atoms with E-state index in [1.54, 1.807) is 0 Å². The van der Waals surface area contributed by atoms with E-state index < -0.39 is 0 Å². The smallest absolute Gasteiger partial charge is 0.260 e. The van der Waals surface area contributed by atoms with E-state index in [9.17, 15) is 9.59 Å². The molecule has 0 spiro atoms. The van der Waals surface area contributed by atoms with E-state index in [0.29, 0.717) is 16.5 Å². The van der Waals surface area contributed by atoms with Gasteiger partial charge in [0.1, 0.15) is 4.83 Å². The van der Waals surface area contributed by atoms with Crippen LogP contribution < -0.4 is 10.9 Å². The summed E-state index contributed by atoms with van der Waals surface area (Å²) in [7, 11) is 0. The summed E-state index contributed by atoms with van der Waals surface area (Å²) in [5.74, 6) is 2.55. The van der Waals surface area contributed by atoms with E-state index in [-0.39, 0.29) is 23.3 Å². The maximum absolute atomic E-state index is 12.9. The van der Waals surface area contributed by atoms with Crippen LogP contribution in [0.5, 0.6) is 0 Å². The van der Waals surface area contributed by atoms with E-state index in [4.69, 9.17) is 0 Å². The van der Waals surface area contributed by atoms with Gasteiger partial charge in [-0.15, -0.1) is 11.3 Å². The number of H-pyrrole nitrogens is 1. The van der Waals surface area contributed by atoms with Gasteiger partial charge in [-0.25, -0.2) is 4.98 Å². The third-order valence-electron chi connectivity index (χ3n) is 6.94. The van der Waals surface area contributed by atoms with Crippen LogP contribution in [0.3, 0.4) is 0 Å². The van der Waals surface area contributed by atoms with Crippen molar-refractivity contribution in [1.29, 1.82) is 0 Å². The summed E-state index contributed by atoms with van der Waals surface area (Å²) in [4.78, 5) is 34.7. The highest BCUT2D eigenvalue weighted by Gasteiger charge is 2.42. The van der Waals surface area contributed by atoms with E-state index >= 15 is 0 Å². The number of thioether (sulfide) groups is 1. The molecule has 31 heavy (non-hydrogen) atoms. The first kappa shape index (κ1) is 20.8. The van der Waals surface area contributed by atoms with Gasteiger partial charge in [-0.1, -0.05) is 48.5 Å². The van der Waals surface area contributed by atoms with Crippen molar-refractivity contribution in [2.24, 2.45) is 17.8 Å². The number of aromatic amines is 1. The van der Waals surface area contributed by atoms with E-state index in [2.05, 4.69) is 22.2 Å². The Morgan fingerprint density at radius 2 is 2.10 bits per heavy atom. The van der Waals surface area contributed by atoms with Crippen molar-refractivity contribution in [3.8, 4) is 11.1 Å². The van der Waals surface area contributed by atoms with E-state index in [0.717, 1.165) is 32.7 Å². The van der Waals surface area contributed by atoms with Crippen molar-refractivity contribution >= 4 is 39.2 Å². The first-order valence-electron chi connectivity index (χ1n) is 11.0. The van der Waals surface area contributed by atoms with Crippen LogP contribution in [0.25, 0.3) is 21.3 Å². The van der Waals surface area contributed by atoms with Gasteiger partial charge in [0, 0.05) is 16.5 Å². The number of rotatable bonds is 6. The Labute approximate surface area is 190 Å². The van der Waals surface area contributed by atoms with Crippen LogP contribution in [0.4, 0.5) is 0 Å². The molecule has 2 saturated carbocycles. The number of hydrogen-bond donors (Lipinski definition) is 2. The van der Waals surface area contributed by atoms with Gasteiger partial charge >= 0.3 is 0 Å². The number of fused-ring (bicyclic) bond motifs is 3. The molecule has 5 rings (SSSR count). The lowest BCUT2D eigenvalue weighted by Crippen LogP contribution is -2.40. The lowest BCUT2D eigenvalue weighted by molar-refractivity contribution is -0.119. The van der Waals surface area contributed by atoms with Crippen molar-refractivity contribution in [1.82, 2.24) is 15.3 Å². The Kier molecular flexibility index (Phi) is 5.65. The predicted octanol–water partition coefficient (Wildman–Crippen LogP) is 4.99. The zero-order chi connectivity index (χ0) is 21.5. The molecule has 162 valence electrons. The predicted molar refractivity (Wildman–Crippen MR) is 128 cm³/mol. The molecule has 5 nitrogen and oxygen atoms in total. The van der Waals surface area contributed by atoms with Crippen molar-refractivity contribution in [3.63, 3.8) is 0 Å². The first-order valence-corrected chi connectivity index (χ1v) is 12.8. The maximum atomic E-state index is 12.9. The molecule has 1 aromatic carbocycles. The van der Waals surface area contributed by atoms with Gasteiger partial charge in [0.2, 0.25) is 5.91 Å². The van der Waals surface area contributed by atoms with Crippen LogP contribution >= 0.6 is 23.1 Å². The first-order chi connectivity index (χ1) is 15.0. The van der Waals surface area contributed by atoms with Crippen LogP contribution in [-0.2, 0) is 4.79 Å². The van der Waals surface area contributed by atoms with Gasteiger partial charge in [-0.05, 0) is 56.4 Å². The highest BCUT2D eigenvalue weighted by Crippen LogP contribution is 2.49. The molecule has 2 aliphatic carbocycles. The lowest BCUT2D eigenvalue weighted by Gasteiger charge is -2.28. The number of aryl methyl sites for hydroxylation is 1. The Balaban J connectivity index is 1.28. The standard InChI is InChI=1S/C24H27N3O2S2/c1-13(18-11-15-8-9-17(18)10-15)25-19(28)12-30-24-26-22(29)21-20(14(2)31-23(21)27-24)16-6-4-3-5-7-16/h3-7,13,15,17-18H,8-12H2,1-2H3,(H,25,28)(H,26,27,29)/t13-,15+,17+,18+/m1/s1. The maximum Gasteiger partial charge on any atom is 0.260 e. The molecule has 3 aromatic rings. The Morgan fingerprint density at radius 1 is 1.29 bits per heavy atom. The monoisotopic (exact) mass is 453 g/mol. The summed E-state index contributed by atoms with van der Waals surface area (Å²) in [6.45, 7) is 4.16. The minimum absolute atomic E-state index is 0.00959. The highest BCUT2D eigenvalue weighted by atomic mass is 32.2. The average molecular weight is 454 g/mol. The number of carbonyl (C=O) groups is 1. The summed E-state index contributed by atoms with van der Waals surface area (Å²) in [6.07, 6.45) is 5.29. The third kappa shape index (κ3) is 4.05. The van der Waals surface area contributed by atoms with Gasteiger partial charge < -0.3 is 10.3 Å². The van der Waals surface area contributed by atoms with Crippen LogP contribution in [-0.4, -0.2) is 27.7 Å². The van der Waals surface area contributed by atoms with Crippen molar-refractivity contribution in [3.05, 3.63) is 45.6 Å². The third-order valence-corrected chi connectivity index (χ3v) is 8.81. The number of thiophene rings is 1. The molecule has 0 saturated heterocycles. The Morgan fingerprint density at radius 3 is 2.81 bits per heavy atom. The zero-order valence-electron chi connectivity index (χ0n) is 17.8. The molecule has 7 heteroatoms. The van der Waals surface area contributed by atoms with E-state index in [1.165, 1.54) is 48.8 Å². The molecule has 2 N–H and O–H groups in total. The molecular formula is C24H27N3O2S2. The molecule has 0 aliphatic heterocycles. The average Bonchev–Trinajstić information content (AvgIpc) is 3.47. The zero-order valence-corrected chi connectivity index (χ0v) is 19.4. The quantitative estimate of drug-likeness (QED) is 0.407. The molecule has 0 unspecified atom stereocenters. The second kappa shape index (κ2) is 8.43. The molecule has 2 fully saturated rings. The fourth-order valence-electron chi connectivity index (χ4n) is 5.56. The normalized spacial score (nSPS) is 23.4. The Bertz CT molecular complexity index is 1170. The summed E-state index contributed by atoms with van der Waals surface area (Å²) in [5.41, 5.74) is 1.82. The molecule has 2 aromatic heterocycles. The van der Waals surface area contributed by atoms with Crippen molar-refractivity contribution in [2.45, 2.75) is 50.7 Å². The largest absolute Gasteiger partial charge is 0.353 e. The number of hydrogen-bond acceptors (Lipinski definition) is 5. The molecule has 2 heterocycles. The number of amides is 1. The highest BCUT2D eigenvalue weighted by molar-refractivity contribution is 7.99. The van der Waals surface area contributed by atoms with Crippen LogP contribution in [0.2, 0.25) is 0 Å². The fourth-order valence-corrected chi connectivity index (χ4v) is 7.34. The molecule has 1 amide bonds. The SMILES string of the molecule is Cc1sc2nc(SCC(=O)N[C@H](C)[C@@H]3C[C@H]4CC[C@H]3C4)[nH]c(=O)c2c1-c1ccccc1. The number of aromatic nitrogens is 2. The minimum Gasteiger partial charge on any atom is -0.353 e. The number of benzene rings is 1. The van der Waals surface area contributed by atoms with Gasteiger partial charge in [0.05, 0.1) is 11.1 Å². The van der Waals surface area contributed by atoms with Gasteiger partial charge in [-0.3, -0.25) is 9.59 Å². The molecule has 2 bridgehead atoms. The second-order valence-electron chi connectivity index (χ2n) is 8.93. The molecule has 0 radical (unpaired) electrons. The summed E-state index contributed by atoms with van der Waals surface area (Å²) >= 11 is 2.82. The van der Waals surface area contributed by atoms with Crippen LogP contribution in [0, 0.1) is 24.7 Å². The number of nitrogens with one attached hydrogen (secondary N) is 2. The minimum atomic E-state index is -0.147. The molecule has 4 atom stereocenters. The van der Waals surface area contributed by atoms with Gasteiger partial charge in [0.25, 0.3) is 5.56 Å². The lowest BCUT2D eigenvalue weighted by atomic mass is 9.84. The topological polar surface area (TPSA) is 74.8 Å². The summed E-state index contributed by atoms with van der Waals surface area (Å²) in [5, 5.41) is 4.32. The second-order valence-corrected chi connectivity index (χ2v) is 11.1. The number of carbonyl (C=O) groups excluding carboxylic acids is 1. The molecule has 2 aliphatic rings. The Hall–Kier alpha value is -2.12. The summed E-state index contributed by atoms with van der Waals surface area (Å²) < 4.78 is 0. The number of nitrogens with zero attached hydrogens (tertiary/aromatic N) is 1. The van der Waals surface area contributed by atoms with Crippen molar-refractivity contribution < 1.29 is 4.79 Å². The van der Waals surface area contributed by atoms with E-state index in [1.807, 2.05) is 37.3 Å². The van der Waals surface area contributed by atoms with Crippen molar-refractivity contribution in [2.75, 3.05) is 5.75 Å². The summed E-state index contributed by atoms with van der Waals surface area (Å²) in [6, 6.07) is 10.1. The fraction of sp³-hybridized carbons (Fsp3) is 0.458. The van der Waals surface area contributed by atoms with Crippen LogP contribution in [0.1, 0.15) is 37.5 Å². The van der Waals surface area contributed by atoms with Gasteiger partial charge in [0.15, 0.2) is 5.16 Å². The van der Waals surface area contributed by atoms with Gasteiger partial charge in [-0.2, -0.15) is 0 Å². The molecular weight excluding hydrogens is 426 g/mol. The van der Waals surface area contributed by atoms with Crippen LogP contribution in [0.15, 0.2) is 40.3 Å².